The van der Waals surface area contributed by atoms with E-state index in [1.54, 1.807) is 20.1 Å². The number of phenols is 1. The van der Waals surface area contributed by atoms with Crippen LogP contribution in [0.1, 0.15) is 71.9 Å². The van der Waals surface area contributed by atoms with Crippen LogP contribution in [0.4, 0.5) is 10.5 Å². The number of ether oxygens (including phenoxy) is 2. The third-order valence-electron chi connectivity index (χ3n) is 7.52. The number of aliphatic hydroxyl groups is 1. The highest BCUT2D eigenvalue weighted by Gasteiger charge is 2.28. The summed E-state index contributed by atoms with van der Waals surface area (Å²) < 4.78 is 11.2. The number of nitrogens with two attached hydrogens (primary N) is 1. The standard InChI is InChI=1S/C30H46N2O6/c1-8-24-22-12-17(2)13-26(37-7)27(34)20(5)14-21(6)28(38-30(31)36)18(3)10-9-11-19(4)29(35)32-23(15-22)16-25(24)33/h11,14-18,20,26-28,33-34H,8-10,12-13H2,1-7H3,(H2,31,36)(H,32,35)/b19-11+,21-14+/t17-,18+,20+,26+,27-,28-/m1/s1. The van der Waals surface area contributed by atoms with Gasteiger partial charge in [0.2, 0.25) is 0 Å². The summed E-state index contributed by atoms with van der Waals surface area (Å²) in [5.41, 5.74) is 9.09. The Labute approximate surface area is 227 Å². The zero-order valence-corrected chi connectivity index (χ0v) is 23.9. The van der Waals surface area contributed by atoms with E-state index in [1.807, 2.05) is 45.9 Å². The lowest BCUT2D eigenvalue weighted by atomic mass is 9.86. The topological polar surface area (TPSA) is 131 Å². The minimum absolute atomic E-state index is 0.0726. The molecule has 8 heteroatoms. The van der Waals surface area contributed by atoms with Crippen LogP contribution in [-0.4, -0.2) is 47.6 Å². The molecule has 1 aromatic carbocycles. The summed E-state index contributed by atoms with van der Waals surface area (Å²) in [6.45, 7) is 11.6. The number of carbonyl (C=O) groups excluding carboxylic acids is 2. The highest BCUT2D eigenvalue weighted by Crippen LogP contribution is 2.31. The van der Waals surface area contributed by atoms with E-state index < -0.39 is 24.4 Å². The number of fused-ring (bicyclic) bond motifs is 2. The lowest BCUT2D eigenvalue weighted by Gasteiger charge is -2.29. The largest absolute Gasteiger partial charge is 0.508 e. The number of allylic oxidation sites excluding steroid dienone is 1. The van der Waals surface area contributed by atoms with Crippen molar-refractivity contribution in [2.24, 2.45) is 23.5 Å². The van der Waals surface area contributed by atoms with Crippen LogP contribution in [0.3, 0.4) is 0 Å². The normalized spacial score (nSPS) is 30.9. The Morgan fingerprint density at radius 2 is 1.89 bits per heavy atom. The molecule has 0 saturated carbocycles. The minimum atomic E-state index is -0.854. The average molecular weight is 531 g/mol. The van der Waals surface area contributed by atoms with Gasteiger partial charge in [0.15, 0.2) is 0 Å². The molecule has 2 bridgehead atoms. The molecule has 0 saturated heterocycles. The number of amides is 2. The quantitative estimate of drug-likeness (QED) is 0.394. The molecule has 2 amide bonds. The van der Waals surface area contributed by atoms with Crippen LogP contribution in [-0.2, 0) is 27.1 Å². The number of aliphatic hydroxyl groups excluding tert-OH is 1. The third-order valence-corrected chi connectivity index (χ3v) is 7.52. The van der Waals surface area contributed by atoms with E-state index >= 15 is 0 Å². The average Bonchev–Trinajstić information content (AvgIpc) is 2.84. The lowest BCUT2D eigenvalue weighted by molar-refractivity contribution is -0.112. The van der Waals surface area contributed by atoms with Gasteiger partial charge in [0.25, 0.3) is 5.91 Å². The molecule has 0 unspecified atom stereocenters. The van der Waals surface area contributed by atoms with Gasteiger partial charge >= 0.3 is 6.09 Å². The van der Waals surface area contributed by atoms with Crippen molar-refractivity contribution in [3.05, 3.63) is 46.6 Å². The highest BCUT2D eigenvalue weighted by molar-refractivity contribution is 6.03. The van der Waals surface area contributed by atoms with E-state index in [0.29, 0.717) is 43.4 Å². The Kier molecular flexibility index (Phi) is 11.9. The van der Waals surface area contributed by atoms with E-state index in [2.05, 4.69) is 12.2 Å². The number of hydrogen-bond acceptors (Lipinski definition) is 6. The van der Waals surface area contributed by atoms with Gasteiger partial charge in [-0.15, -0.1) is 0 Å². The number of benzene rings is 1. The fourth-order valence-corrected chi connectivity index (χ4v) is 5.37. The van der Waals surface area contributed by atoms with E-state index in [4.69, 9.17) is 15.2 Å². The first-order chi connectivity index (χ1) is 17.9. The number of nitrogens with one attached hydrogen (secondary N) is 1. The molecule has 2 rings (SSSR count). The fraction of sp³-hybridized carbons (Fsp3) is 0.600. The van der Waals surface area contributed by atoms with Gasteiger partial charge in [0.05, 0.1) is 12.2 Å². The highest BCUT2D eigenvalue weighted by atomic mass is 16.6. The zero-order chi connectivity index (χ0) is 28.6. The molecule has 0 fully saturated rings. The summed E-state index contributed by atoms with van der Waals surface area (Å²) in [6, 6.07) is 3.52. The van der Waals surface area contributed by atoms with Crippen LogP contribution < -0.4 is 11.1 Å². The van der Waals surface area contributed by atoms with Gasteiger partial charge in [-0.25, -0.2) is 4.79 Å². The molecule has 38 heavy (non-hydrogen) atoms. The summed E-state index contributed by atoms with van der Waals surface area (Å²) in [4.78, 5) is 24.5. The monoisotopic (exact) mass is 530 g/mol. The molecule has 0 aliphatic carbocycles. The first-order valence-electron chi connectivity index (χ1n) is 13.6. The van der Waals surface area contributed by atoms with Crippen LogP contribution in [0.5, 0.6) is 5.75 Å². The van der Waals surface area contributed by atoms with Gasteiger partial charge in [-0.3, -0.25) is 4.79 Å². The predicted molar refractivity (Wildman–Crippen MR) is 150 cm³/mol. The predicted octanol–water partition coefficient (Wildman–Crippen LogP) is 5.26. The van der Waals surface area contributed by atoms with Gasteiger partial charge in [0, 0.05) is 30.4 Å². The third kappa shape index (κ3) is 8.60. The second-order valence-corrected chi connectivity index (χ2v) is 10.8. The van der Waals surface area contributed by atoms with Gasteiger partial charge in [-0.1, -0.05) is 39.8 Å². The van der Waals surface area contributed by atoms with E-state index in [1.165, 1.54) is 0 Å². The number of hydrogen-bond donors (Lipinski definition) is 4. The molecule has 0 aromatic heterocycles. The molecule has 5 N–H and O–H groups in total. The van der Waals surface area contributed by atoms with Gasteiger partial charge in [-0.05, 0) is 80.6 Å². The summed E-state index contributed by atoms with van der Waals surface area (Å²) in [6.07, 6.45) is 4.32. The SMILES string of the molecule is CCc1c(O)cc2cc1C[C@@H](C)C[C@H](OC)[C@H](O)[C@@H](C)/C=C(\C)[C@H](OC(N)=O)[C@@H](C)CC/C=C(\C)C(=O)N2. The van der Waals surface area contributed by atoms with Crippen molar-refractivity contribution in [2.45, 2.75) is 92.0 Å². The number of phenolic OH excluding ortho intramolecular Hbond substituents is 1. The van der Waals surface area contributed by atoms with Crippen molar-refractivity contribution >= 4 is 17.7 Å². The minimum Gasteiger partial charge on any atom is -0.508 e. The molecule has 0 spiro atoms. The maximum atomic E-state index is 12.9. The summed E-state index contributed by atoms with van der Waals surface area (Å²) in [7, 11) is 1.59. The lowest BCUT2D eigenvalue weighted by Crippen LogP contribution is -2.35. The van der Waals surface area contributed by atoms with Crippen LogP contribution in [0.25, 0.3) is 0 Å². The van der Waals surface area contributed by atoms with Crippen molar-refractivity contribution in [3.63, 3.8) is 0 Å². The number of aromatic hydroxyl groups is 1. The fourth-order valence-electron chi connectivity index (χ4n) is 5.37. The second-order valence-electron chi connectivity index (χ2n) is 10.8. The van der Waals surface area contributed by atoms with Crippen LogP contribution in [0.15, 0.2) is 35.4 Å². The first-order valence-corrected chi connectivity index (χ1v) is 13.6. The van der Waals surface area contributed by atoms with Crippen LogP contribution in [0, 0.1) is 17.8 Å². The molecule has 1 aliphatic rings. The van der Waals surface area contributed by atoms with Crippen molar-refractivity contribution < 1.29 is 29.3 Å². The maximum Gasteiger partial charge on any atom is 0.405 e. The molecule has 8 nitrogen and oxygen atoms in total. The Bertz CT molecular complexity index is 1030. The van der Waals surface area contributed by atoms with Crippen molar-refractivity contribution in [1.29, 1.82) is 0 Å². The Balaban J connectivity index is 2.50. The van der Waals surface area contributed by atoms with E-state index in [9.17, 15) is 19.8 Å². The summed E-state index contributed by atoms with van der Waals surface area (Å²) >= 11 is 0. The molecule has 1 aliphatic heterocycles. The number of rotatable bonds is 3. The molecule has 0 radical (unpaired) electrons. The van der Waals surface area contributed by atoms with Gasteiger partial charge in [-0.2, -0.15) is 0 Å². The number of anilines is 1. The summed E-state index contributed by atoms with van der Waals surface area (Å²) in [5.74, 6) is -0.292. The number of primary amides is 1. The molecular weight excluding hydrogens is 484 g/mol. The van der Waals surface area contributed by atoms with Crippen molar-refractivity contribution in [1.82, 2.24) is 0 Å². The Morgan fingerprint density at radius 3 is 2.50 bits per heavy atom. The van der Waals surface area contributed by atoms with Crippen molar-refractivity contribution in [2.75, 3.05) is 12.4 Å². The van der Waals surface area contributed by atoms with E-state index in [0.717, 1.165) is 16.7 Å². The number of methoxy groups -OCH3 is 1. The number of carbonyl (C=O) groups is 2. The molecule has 212 valence electrons. The molecular formula is C30H46N2O6. The molecule has 6 atom stereocenters. The van der Waals surface area contributed by atoms with Gasteiger partial charge in [0.1, 0.15) is 11.9 Å². The smallest absolute Gasteiger partial charge is 0.405 e. The maximum absolute atomic E-state index is 12.9. The summed E-state index contributed by atoms with van der Waals surface area (Å²) in [5, 5.41) is 24.8. The van der Waals surface area contributed by atoms with Crippen molar-refractivity contribution in [3.8, 4) is 5.75 Å². The zero-order valence-electron chi connectivity index (χ0n) is 23.9. The van der Waals surface area contributed by atoms with Crippen LogP contribution >= 0.6 is 0 Å². The van der Waals surface area contributed by atoms with E-state index in [-0.39, 0.29) is 29.4 Å². The molecule has 1 aromatic rings. The molecule has 1 heterocycles. The Morgan fingerprint density at radius 1 is 1.21 bits per heavy atom. The van der Waals surface area contributed by atoms with Crippen LogP contribution in [0.2, 0.25) is 0 Å². The Hall–Kier alpha value is -2.84. The first kappa shape index (κ1) is 31.4. The second kappa shape index (κ2) is 14.4. The van der Waals surface area contributed by atoms with Gasteiger partial charge < -0.3 is 30.7 Å².